The SMILES string of the molecule is Cc1cccc(Cn2ccc(NC(=O)C3(C)Oc4ccc(Cl)cc4NC3=O)n2)c1. The minimum Gasteiger partial charge on any atom is -0.466 e. The molecule has 0 saturated carbocycles. The van der Waals surface area contributed by atoms with Crippen LogP contribution in [0.5, 0.6) is 5.75 Å². The highest BCUT2D eigenvalue weighted by atomic mass is 35.5. The van der Waals surface area contributed by atoms with Gasteiger partial charge in [0, 0.05) is 17.3 Å². The van der Waals surface area contributed by atoms with Crippen molar-refractivity contribution in [1.82, 2.24) is 9.78 Å². The Kier molecular flexibility index (Phi) is 4.76. The van der Waals surface area contributed by atoms with Gasteiger partial charge in [-0.25, -0.2) is 0 Å². The monoisotopic (exact) mass is 410 g/mol. The topological polar surface area (TPSA) is 85.3 Å². The van der Waals surface area contributed by atoms with Crippen molar-refractivity contribution in [3.05, 3.63) is 70.9 Å². The van der Waals surface area contributed by atoms with Gasteiger partial charge in [0.05, 0.1) is 12.2 Å². The predicted molar refractivity (Wildman–Crippen MR) is 110 cm³/mol. The molecule has 1 unspecified atom stereocenters. The maximum absolute atomic E-state index is 12.8. The van der Waals surface area contributed by atoms with Crippen molar-refractivity contribution in [3.8, 4) is 5.75 Å². The van der Waals surface area contributed by atoms with E-state index in [-0.39, 0.29) is 0 Å². The molecule has 0 fully saturated rings. The van der Waals surface area contributed by atoms with E-state index < -0.39 is 17.4 Å². The minimum atomic E-state index is -1.73. The molecule has 4 rings (SSSR count). The van der Waals surface area contributed by atoms with Crippen LogP contribution in [0.25, 0.3) is 0 Å². The average Bonchev–Trinajstić information content (AvgIpc) is 3.10. The Morgan fingerprint density at radius 3 is 2.90 bits per heavy atom. The van der Waals surface area contributed by atoms with Crippen molar-refractivity contribution in [2.24, 2.45) is 0 Å². The van der Waals surface area contributed by atoms with Gasteiger partial charge in [-0.15, -0.1) is 0 Å². The third-order valence-electron chi connectivity index (χ3n) is 4.68. The molecule has 29 heavy (non-hydrogen) atoms. The maximum Gasteiger partial charge on any atom is 0.279 e. The molecule has 8 heteroatoms. The summed E-state index contributed by atoms with van der Waals surface area (Å²) >= 11 is 5.94. The first kappa shape index (κ1) is 19.0. The highest BCUT2D eigenvalue weighted by Gasteiger charge is 2.47. The zero-order valence-electron chi connectivity index (χ0n) is 15.9. The summed E-state index contributed by atoms with van der Waals surface area (Å²) in [5.74, 6) is -0.487. The molecule has 0 saturated heterocycles. The number of aromatic nitrogens is 2. The first-order valence-electron chi connectivity index (χ1n) is 9.04. The molecule has 0 aliphatic carbocycles. The summed E-state index contributed by atoms with van der Waals surface area (Å²) in [4.78, 5) is 25.4. The number of fused-ring (bicyclic) bond motifs is 1. The van der Waals surface area contributed by atoms with Crippen LogP contribution in [0.3, 0.4) is 0 Å². The number of aryl methyl sites for hydroxylation is 1. The van der Waals surface area contributed by atoms with E-state index in [0.29, 0.717) is 28.8 Å². The molecule has 1 aromatic heterocycles. The molecule has 7 nitrogen and oxygen atoms in total. The third kappa shape index (κ3) is 3.82. The molecular formula is C21H19ClN4O3. The fourth-order valence-electron chi connectivity index (χ4n) is 3.10. The molecule has 1 atom stereocenters. The van der Waals surface area contributed by atoms with Crippen molar-refractivity contribution in [3.63, 3.8) is 0 Å². The summed E-state index contributed by atoms with van der Waals surface area (Å²) in [5.41, 5.74) is 0.956. The van der Waals surface area contributed by atoms with Crippen LogP contribution in [0, 0.1) is 6.92 Å². The van der Waals surface area contributed by atoms with E-state index >= 15 is 0 Å². The van der Waals surface area contributed by atoms with Crippen LogP contribution in [0.15, 0.2) is 54.7 Å². The molecule has 1 aliphatic heterocycles. The number of hydrogen-bond acceptors (Lipinski definition) is 4. The molecule has 2 aromatic carbocycles. The van der Waals surface area contributed by atoms with Gasteiger partial charge in [0.25, 0.3) is 17.4 Å². The fraction of sp³-hybridized carbons (Fsp3) is 0.190. The molecule has 0 radical (unpaired) electrons. The highest BCUT2D eigenvalue weighted by molar-refractivity contribution is 6.31. The van der Waals surface area contributed by atoms with E-state index in [0.717, 1.165) is 11.1 Å². The van der Waals surface area contributed by atoms with Gasteiger partial charge in [0.2, 0.25) is 0 Å². The number of halogens is 1. The molecular weight excluding hydrogens is 392 g/mol. The number of amides is 2. The molecule has 0 spiro atoms. The van der Waals surface area contributed by atoms with Crippen LogP contribution in [-0.4, -0.2) is 27.2 Å². The number of carbonyl (C=O) groups is 2. The number of rotatable bonds is 4. The molecule has 2 heterocycles. The quantitative estimate of drug-likeness (QED) is 0.643. The molecule has 2 N–H and O–H groups in total. The lowest BCUT2D eigenvalue weighted by Gasteiger charge is -2.33. The van der Waals surface area contributed by atoms with Gasteiger partial charge in [-0.2, -0.15) is 5.10 Å². The molecule has 148 valence electrons. The van der Waals surface area contributed by atoms with Gasteiger partial charge in [-0.3, -0.25) is 14.3 Å². The summed E-state index contributed by atoms with van der Waals surface area (Å²) in [6, 6.07) is 14.6. The van der Waals surface area contributed by atoms with Crippen LogP contribution in [0.1, 0.15) is 18.1 Å². The van der Waals surface area contributed by atoms with E-state index in [1.54, 1.807) is 35.1 Å². The predicted octanol–water partition coefficient (Wildman–Crippen LogP) is 3.62. The Bertz CT molecular complexity index is 1110. The molecule has 1 aliphatic rings. The Morgan fingerprint density at radius 2 is 2.10 bits per heavy atom. The lowest BCUT2D eigenvalue weighted by Crippen LogP contribution is -2.56. The number of anilines is 2. The van der Waals surface area contributed by atoms with Crippen LogP contribution in [0.2, 0.25) is 5.02 Å². The van der Waals surface area contributed by atoms with Gasteiger partial charge in [0.15, 0.2) is 5.82 Å². The van der Waals surface area contributed by atoms with Crippen LogP contribution >= 0.6 is 11.6 Å². The van der Waals surface area contributed by atoms with Crippen molar-refractivity contribution < 1.29 is 14.3 Å². The highest BCUT2D eigenvalue weighted by Crippen LogP contribution is 2.35. The van der Waals surface area contributed by atoms with E-state index in [1.165, 1.54) is 6.92 Å². The van der Waals surface area contributed by atoms with Gasteiger partial charge in [-0.05, 0) is 37.6 Å². The number of carbonyl (C=O) groups excluding carboxylic acids is 2. The van der Waals surface area contributed by atoms with E-state index in [2.05, 4.69) is 21.8 Å². The number of nitrogens with one attached hydrogen (secondary N) is 2. The van der Waals surface area contributed by atoms with Crippen molar-refractivity contribution in [2.75, 3.05) is 10.6 Å². The number of benzene rings is 2. The van der Waals surface area contributed by atoms with E-state index in [4.69, 9.17) is 16.3 Å². The van der Waals surface area contributed by atoms with Crippen molar-refractivity contribution in [2.45, 2.75) is 26.0 Å². The number of hydrogen-bond donors (Lipinski definition) is 2. The van der Waals surface area contributed by atoms with Gasteiger partial charge >= 0.3 is 0 Å². The van der Waals surface area contributed by atoms with Crippen molar-refractivity contribution >= 4 is 34.9 Å². The van der Waals surface area contributed by atoms with Gasteiger partial charge < -0.3 is 15.4 Å². The molecule has 2 amide bonds. The number of nitrogens with zero attached hydrogens (tertiary/aromatic N) is 2. The lowest BCUT2D eigenvalue weighted by atomic mass is 10.0. The second kappa shape index (κ2) is 7.25. The summed E-state index contributed by atoms with van der Waals surface area (Å²) in [6.45, 7) is 4.01. The van der Waals surface area contributed by atoms with Gasteiger partial charge in [-0.1, -0.05) is 41.4 Å². The van der Waals surface area contributed by atoms with Gasteiger partial charge in [0.1, 0.15) is 5.75 Å². The van der Waals surface area contributed by atoms with E-state index in [1.807, 2.05) is 25.1 Å². The van der Waals surface area contributed by atoms with E-state index in [9.17, 15) is 9.59 Å². The standard InChI is InChI=1S/C21H19ClN4O3/c1-13-4-3-5-14(10-13)12-26-9-8-18(25-26)24-20(28)21(2)19(27)23-16-11-15(22)6-7-17(16)29-21/h3-11H,12H2,1-2H3,(H,23,27)(H,24,25,28). The summed E-state index contributed by atoms with van der Waals surface area (Å²) in [7, 11) is 0. The largest absolute Gasteiger partial charge is 0.466 e. The van der Waals surface area contributed by atoms with Crippen LogP contribution in [-0.2, 0) is 16.1 Å². The van der Waals surface area contributed by atoms with Crippen LogP contribution < -0.4 is 15.4 Å². The summed E-state index contributed by atoms with van der Waals surface area (Å²) in [6.07, 6.45) is 1.76. The first-order valence-corrected chi connectivity index (χ1v) is 9.42. The van der Waals surface area contributed by atoms with Crippen molar-refractivity contribution in [1.29, 1.82) is 0 Å². The fourth-order valence-corrected chi connectivity index (χ4v) is 3.27. The van der Waals surface area contributed by atoms with Crippen LogP contribution in [0.4, 0.5) is 11.5 Å². The third-order valence-corrected chi connectivity index (χ3v) is 4.91. The summed E-state index contributed by atoms with van der Waals surface area (Å²) in [5, 5.41) is 10.1. The lowest BCUT2D eigenvalue weighted by molar-refractivity contribution is -0.143. The Balaban J connectivity index is 1.48. The minimum absolute atomic E-state index is 0.335. The molecule has 3 aromatic rings. The Labute approximate surface area is 172 Å². The maximum atomic E-state index is 12.8. The molecule has 0 bridgehead atoms. The smallest absolute Gasteiger partial charge is 0.279 e. The number of ether oxygens (including phenoxy) is 1. The second-order valence-electron chi connectivity index (χ2n) is 7.07. The normalized spacial score (nSPS) is 17.8. The Morgan fingerprint density at radius 1 is 1.28 bits per heavy atom. The zero-order chi connectivity index (χ0) is 20.6. The zero-order valence-corrected chi connectivity index (χ0v) is 16.7. The first-order chi connectivity index (χ1) is 13.8. The Hall–Kier alpha value is -3.32. The average molecular weight is 411 g/mol. The second-order valence-corrected chi connectivity index (χ2v) is 7.51. The summed E-state index contributed by atoms with van der Waals surface area (Å²) < 4.78 is 7.43.